The first-order valence-electron chi connectivity index (χ1n) is 5.47. The summed E-state index contributed by atoms with van der Waals surface area (Å²) in [6, 6.07) is 12.8. The molecule has 0 spiro atoms. The van der Waals surface area contributed by atoms with Crippen molar-refractivity contribution in [2.24, 2.45) is 0 Å². The van der Waals surface area contributed by atoms with Crippen molar-refractivity contribution in [3.05, 3.63) is 63.3 Å². The third-order valence-corrected chi connectivity index (χ3v) is 3.50. The highest BCUT2D eigenvalue weighted by molar-refractivity contribution is 9.10. The van der Waals surface area contributed by atoms with Crippen LogP contribution in [-0.4, -0.2) is 0 Å². The summed E-state index contributed by atoms with van der Waals surface area (Å²) in [7, 11) is 0. The SMILES string of the molecule is N#CC(Nc1ccc(Cl)cc1)c1ccc(F)cc1Br. The number of anilines is 1. The summed E-state index contributed by atoms with van der Waals surface area (Å²) >= 11 is 9.06. The van der Waals surface area contributed by atoms with E-state index in [2.05, 4.69) is 27.3 Å². The molecule has 0 saturated carbocycles. The largest absolute Gasteiger partial charge is 0.366 e. The summed E-state index contributed by atoms with van der Waals surface area (Å²) in [4.78, 5) is 0. The Balaban J connectivity index is 2.25. The van der Waals surface area contributed by atoms with Crippen LogP contribution in [0.2, 0.25) is 5.02 Å². The van der Waals surface area contributed by atoms with Crippen LogP contribution in [0.5, 0.6) is 0 Å². The maximum Gasteiger partial charge on any atom is 0.141 e. The molecule has 1 atom stereocenters. The molecule has 1 unspecified atom stereocenters. The average Bonchev–Trinajstić information content (AvgIpc) is 2.39. The van der Waals surface area contributed by atoms with E-state index in [1.54, 1.807) is 30.3 Å². The van der Waals surface area contributed by atoms with Gasteiger partial charge in [0.15, 0.2) is 0 Å². The summed E-state index contributed by atoms with van der Waals surface area (Å²) in [5.41, 5.74) is 1.45. The molecular weight excluding hydrogens is 331 g/mol. The second-order valence-electron chi connectivity index (χ2n) is 3.88. The highest BCUT2D eigenvalue weighted by Crippen LogP contribution is 2.27. The Hall–Kier alpha value is -1.57. The summed E-state index contributed by atoms with van der Waals surface area (Å²) in [6.45, 7) is 0. The fraction of sp³-hybridized carbons (Fsp3) is 0.0714. The highest BCUT2D eigenvalue weighted by atomic mass is 79.9. The minimum atomic E-state index is -0.573. The molecular formula is C14H9BrClFN2. The molecule has 1 N–H and O–H groups in total. The lowest BCUT2D eigenvalue weighted by Crippen LogP contribution is -2.09. The molecule has 0 bridgehead atoms. The van der Waals surface area contributed by atoms with Gasteiger partial charge in [-0.2, -0.15) is 5.26 Å². The van der Waals surface area contributed by atoms with E-state index >= 15 is 0 Å². The number of nitrogens with one attached hydrogen (secondary N) is 1. The van der Waals surface area contributed by atoms with Gasteiger partial charge in [0.2, 0.25) is 0 Å². The molecule has 0 aliphatic heterocycles. The zero-order valence-corrected chi connectivity index (χ0v) is 12.0. The van der Waals surface area contributed by atoms with Gasteiger partial charge in [0.1, 0.15) is 11.9 Å². The van der Waals surface area contributed by atoms with Crippen molar-refractivity contribution >= 4 is 33.2 Å². The van der Waals surface area contributed by atoms with Gasteiger partial charge in [-0.3, -0.25) is 0 Å². The number of nitrogens with zero attached hydrogens (tertiary/aromatic N) is 1. The Bertz CT molecular complexity index is 622. The fourth-order valence-corrected chi connectivity index (χ4v) is 2.33. The van der Waals surface area contributed by atoms with Crippen LogP contribution >= 0.6 is 27.5 Å². The topological polar surface area (TPSA) is 35.8 Å². The summed E-state index contributed by atoms with van der Waals surface area (Å²) < 4.78 is 13.6. The molecule has 2 nitrogen and oxygen atoms in total. The first-order chi connectivity index (χ1) is 9.10. The minimum absolute atomic E-state index is 0.348. The molecule has 2 aromatic carbocycles. The van der Waals surface area contributed by atoms with Crippen molar-refractivity contribution in [2.75, 3.05) is 5.32 Å². The predicted molar refractivity (Wildman–Crippen MR) is 77.5 cm³/mol. The monoisotopic (exact) mass is 338 g/mol. The first kappa shape index (κ1) is 13.9. The molecule has 2 rings (SSSR count). The maximum absolute atomic E-state index is 13.0. The zero-order valence-electron chi connectivity index (χ0n) is 9.70. The highest BCUT2D eigenvalue weighted by Gasteiger charge is 2.14. The molecule has 5 heteroatoms. The van der Waals surface area contributed by atoms with Gasteiger partial charge in [-0.15, -0.1) is 0 Å². The number of nitriles is 1. The van der Waals surface area contributed by atoms with Crippen LogP contribution in [0.25, 0.3) is 0 Å². The lowest BCUT2D eigenvalue weighted by molar-refractivity contribution is 0.625. The van der Waals surface area contributed by atoms with Crippen molar-refractivity contribution in [2.45, 2.75) is 6.04 Å². The van der Waals surface area contributed by atoms with Gasteiger partial charge in [-0.1, -0.05) is 33.6 Å². The van der Waals surface area contributed by atoms with Crippen molar-refractivity contribution in [3.8, 4) is 6.07 Å². The van der Waals surface area contributed by atoms with E-state index in [9.17, 15) is 9.65 Å². The minimum Gasteiger partial charge on any atom is -0.366 e. The standard InChI is InChI=1S/C14H9BrClFN2/c15-13-7-10(17)3-6-12(13)14(8-18)19-11-4-1-9(16)2-5-11/h1-7,14,19H. The van der Waals surface area contributed by atoms with E-state index in [4.69, 9.17) is 11.6 Å². The zero-order chi connectivity index (χ0) is 13.8. The fourth-order valence-electron chi connectivity index (χ4n) is 1.63. The van der Waals surface area contributed by atoms with Gasteiger partial charge in [0.05, 0.1) is 6.07 Å². The van der Waals surface area contributed by atoms with Crippen LogP contribution in [0.3, 0.4) is 0 Å². The second-order valence-corrected chi connectivity index (χ2v) is 5.17. The Morgan fingerprint density at radius 1 is 1.21 bits per heavy atom. The molecule has 0 heterocycles. The number of hydrogen-bond donors (Lipinski definition) is 1. The van der Waals surface area contributed by atoms with Crippen LogP contribution in [0.15, 0.2) is 46.9 Å². The summed E-state index contributed by atoms with van der Waals surface area (Å²) in [6.07, 6.45) is 0. The maximum atomic E-state index is 13.0. The number of hydrogen-bond acceptors (Lipinski definition) is 2. The van der Waals surface area contributed by atoms with Crippen LogP contribution in [0.1, 0.15) is 11.6 Å². The summed E-state index contributed by atoms with van der Waals surface area (Å²) in [5.74, 6) is -0.348. The summed E-state index contributed by atoms with van der Waals surface area (Å²) in [5, 5.41) is 12.9. The van der Waals surface area contributed by atoms with Gasteiger partial charge in [0, 0.05) is 20.7 Å². The van der Waals surface area contributed by atoms with Gasteiger partial charge >= 0.3 is 0 Å². The number of rotatable bonds is 3. The van der Waals surface area contributed by atoms with Crippen molar-refractivity contribution in [1.29, 1.82) is 5.26 Å². The number of halogens is 3. The first-order valence-corrected chi connectivity index (χ1v) is 6.64. The Morgan fingerprint density at radius 2 is 1.89 bits per heavy atom. The predicted octanol–water partition coefficient (Wildman–Crippen LogP) is 4.92. The van der Waals surface area contributed by atoms with E-state index in [-0.39, 0.29) is 5.82 Å². The van der Waals surface area contributed by atoms with Crippen LogP contribution in [0.4, 0.5) is 10.1 Å². The van der Waals surface area contributed by atoms with Crippen molar-refractivity contribution < 1.29 is 4.39 Å². The van der Waals surface area contributed by atoms with Crippen molar-refractivity contribution in [3.63, 3.8) is 0 Å². The van der Waals surface area contributed by atoms with Crippen LogP contribution in [-0.2, 0) is 0 Å². The molecule has 19 heavy (non-hydrogen) atoms. The normalized spacial score (nSPS) is 11.7. The molecule has 0 aliphatic carbocycles. The third kappa shape index (κ3) is 3.46. The van der Waals surface area contributed by atoms with Gasteiger partial charge in [-0.05, 0) is 36.4 Å². The van der Waals surface area contributed by atoms with E-state index < -0.39 is 6.04 Å². The number of benzene rings is 2. The van der Waals surface area contributed by atoms with E-state index in [1.807, 2.05) is 0 Å². The molecule has 96 valence electrons. The van der Waals surface area contributed by atoms with Gasteiger partial charge in [0.25, 0.3) is 0 Å². The molecule has 0 radical (unpaired) electrons. The van der Waals surface area contributed by atoms with E-state index in [0.717, 1.165) is 5.69 Å². The Morgan fingerprint density at radius 3 is 2.47 bits per heavy atom. The molecule has 2 aromatic rings. The Kier molecular flexibility index (Phi) is 4.41. The smallest absolute Gasteiger partial charge is 0.141 e. The molecule has 0 aliphatic rings. The third-order valence-electron chi connectivity index (χ3n) is 2.56. The Labute approximate surface area is 123 Å². The molecule has 0 fully saturated rings. The van der Waals surface area contributed by atoms with E-state index in [0.29, 0.717) is 15.1 Å². The van der Waals surface area contributed by atoms with Crippen molar-refractivity contribution in [1.82, 2.24) is 0 Å². The molecule has 0 aromatic heterocycles. The van der Waals surface area contributed by atoms with Gasteiger partial charge in [-0.25, -0.2) is 4.39 Å². The average molecular weight is 340 g/mol. The molecule has 0 amide bonds. The van der Waals surface area contributed by atoms with Crippen LogP contribution < -0.4 is 5.32 Å². The van der Waals surface area contributed by atoms with Gasteiger partial charge < -0.3 is 5.32 Å². The second kappa shape index (κ2) is 6.05. The lowest BCUT2D eigenvalue weighted by Gasteiger charge is -2.15. The quantitative estimate of drug-likeness (QED) is 0.861. The van der Waals surface area contributed by atoms with E-state index in [1.165, 1.54) is 12.1 Å². The molecule has 0 saturated heterocycles. The lowest BCUT2D eigenvalue weighted by atomic mass is 10.1. The van der Waals surface area contributed by atoms with Crippen LogP contribution in [0, 0.1) is 17.1 Å².